The van der Waals surface area contributed by atoms with Crippen molar-refractivity contribution in [2.45, 2.75) is 26.7 Å². The molecule has 1 N–H and O–H groups in total. The average molecular weight is 254 g/mol. The molecule has 1 aliphatic rings. The van der Waals surface area contributed by atoms with Gasteiger partial charge in [-0.25, -0.2) is 0 Å². The fraction of sp³-hybridized carbons (Fsp3) is 0.500. The van der Waals surface area contributed by atoms with Crippen LogP contribution >= 0.6 is 15.9 Å². The van der Waals surface area contributed by atoms with Crippen molar-refractivity contribution in [2.24, 2.45) is 5.41 Å². The highest BCUT2D eigenvalue weighted by molar-refractivity contribution is 9.10. The molecule has 1 aromatic rings. The fourth-order valence-electron chi connectivity index (χ4n) is 1.86. The van der Waals surface area contributed by atoms with Crippen molar-refractivity contribution < 1.29 is 0 Å². The van der Waals surface area contributed by atoms with E-state index in [0.29, 0.717) is 5.41 Å². The quantitative estimate of drug-likeness (QED) is 0.741. The first kappa shape index (κ1) is 10.0. The normalized spacial score (nSPS) is 19.4. The van der Waals surface area contributed by atoms with Gasteiger partial charge >= 0.3 is 0 Å². The van der Waals surface area contributed by atoms with Crippen molar-refractivity contribution >= 4 is 21.6 Å². The van der Waals surface area contributed by atoms with Gasteiger partial charge in [-0.1, -0.05) is 35.8 Å². The highest BCUT2D eigenvalue weighted by Crippen LogP contribution is 2.34. The van der Waals surface area contributed by atoms with Crippen LogP contribution in [0.2, 0.25) is 0 Å². The Morgan fingerprint density at radius 2 is 2.14 bits per heavy atom. The summed E-state index contributed by atoms with van der Waals surface area (Å²) < 4.78 is 1.24. The van der Waals surface area contributed by atoms with E-state index in [2.05, 4.69) is 53.3 Å². The molecule has 0 spiro atoms. The first-order valence-corrected chi connectivity index (χ1v) is 5.89. The van der Waals surface area contributed by atoms with E-state index in [4.69, 9.17) is 0 Å². The fourth-order valence-corrected chi connectivity index (χ4v) is 2.43. The summed E-state index contributed by atoms with van der Waals surface area (Å²) in [7, 11) is 0. The summed E-state index contributed by atoms with van der Waals surface area (Å²) in [5.74, 6) is 0. The van der Waals surface area contributed by atoms with Crippen LogP contribution in [0.5, 0.6) is 0 Å². The first-order chi connectivity index (χ1) is 6.58. The van der Waals surface area contributed by atoms with Crippen LogP contribution in [0.15, 0.2) is 22.7 Å². The minimum absolute atomic E-state index is 0.401. The molecule has 0 unspecified atom stereocenters. The summed E-state index contributed by atoms with van der Waals surface area (Å²) in [5, 5.41) is 3.53. The lowest BCUT2D eigenvalue weighted by atomic mass is 9.88. The van der Waals surface area contributed by atoms with E-state index >= 15 is 0 Å². The monoisotopic (exact) mass is 253 g/mol. The van der Waals surface area contributed by atoms with Gasteiger partial charge < -0.3 is 5.32 Å². The minimum atomic E-state index is 0.401. The van der Waals surface area contributed by atoms with Crippen LogP contribution in [0.4, 0.5) is 5.69 Å². The van der Waals surface area contributed by atoms with Crippen LogP contribution in [-0.4, -0.2) is 6.54 Å². The first-order valence-electron chi connectivity index (χ1n) is 5.10. The molecule has 0 atom stereocenters. The zero-order chi connectivity index (χ0) is 10.2. The second kappa shape index (κ2) is 3.58. The number of halogens is 1. The second-order valence-corrected chi connectivity index (χ2v) is 5.64. The Morgan fingerprint density at radius 3 is 2.93 bits per heavy atom. The molecule has 1 aromatic carbocycles. The number of hydrogen-bond acceptors (Lipinski definition) is 1. The molecule has 0 saturated heterocycles. The number of hydrogen-bond donors (Lipinski definition) is 1. The molecule has 0 aliphatic carbocycles. The van der Waals surface area contributed by atoms with Gasteiger partial charge in [0.25, 0.3) is 0 Å². The van der Waals surface area contributed by atoms with E-state index in [9.17, 15) is 0 Å². The molecule has 2 rings (SSSR count). The minimum Gasteiger partial charge on any atom is -0.384 e. The third-order valence-electron chi connectivity index (χ3n) is 2.93. The highest BCUT2D eigenvalue weighted by atomic mass is 79.9. The highest BCUT2D eigenvalue weighted by Gasteiger charge is 2.22. The van der Waals surface area contributed by atoms with Gasteiger partial charge in [-0.05, 0) is 36.0 Å². The van der Waals surface area contributed by atoms with Crippen molar-refractivity contribution in [1.82, 2.24) is 0 Å². The van der Waals surface area contributed by atoms with Crippen LogP contribution in [0.1, 0.15) is 25.8 Å². The summed E-state index contributed by atoms with van der Waals surface area (Å²) in [6, 6.07) is 6.38. The van der Waals surface area contributed by atoms with Crippen molar-refractivity contribution in [3.63, 3.8) is 0 Å². The van der Waals surface area contributed by atoms with E-state index < -0.39 is 0 Å². The number of benzene rings is 1. The van der Waals surface area contributed by atoms with E-state index in [1.807, 2.05) is 0 Å². The van der Waals surface area contributed by atoms with Gasteiger partial charge in [-0.2, -0.15) is 0 Å². The van der Waals surface area contributed by atoms with Gasteiger partial charge in [0.15, 0.2) is 0 Å². The van der Waals surface area contributed by atoms with Crippen molar-refractivity contribution in [2.75, 3.05) is 11.9 Å². The van der Waals surface area contributed by atoms with Gasteiger partial charge in [0.1, 0.15) is 0 Å². The van der Waals surface area contributed by atoms with E-state index in [0.717, 1.165) is 13.0 Å². The van der Waals surface area contributed by atoms with Gasteiger partial charge in [-0.3, -0.25) is 0 Å². The lowest BCUT2D eigenvalue weighted by molar-refractivity contribution is 0.365. The topological polar surface area (TPSA) is 12.0 Å². The predicted octanol–water partition coefficient (Wildman–Crippen LogP) is 3.83. The molecule has 1 heterocycles. The molecule has 0 saturated carbocycles. The molecule has 1 nitrogen and oxygen atoms in total. The van der Waals surface area contributed by atoms with E-state index in [-0.39, 0.29) is 0 Å². The summed E-state index contributed by atoms with van der Waals surface area (Å²) >= 11 is 3.61. The molecule has 0 fully saturated rings. The van der Waals surface area contributed by atoms with Gasteiger partial charge in [0.05, 0.1) is 0 Å². The Bertz CT molecular complexity index is 344. The summed E-state index contributed by atoms with van der Waals surface area (Å²) in [4.78, 5) is 0. The Labute approximate surface area is 94.0 Å². The molecule has 0 aromatic heterocycles. The lowest BCUT2D eigenvalue weighted by Gasteiger charge is -2.21. The van der Waals surface area contributed by atoms with Crippen LogP contribution in [0, 0.1) is 5.41 Å². The molecule has 0 amide bonds. The number of nitrogens with one attached hydrogen (secondary N) is 1. The Kier molecular flexibility index (Phi) is 2.56. The third kappa shape index (κ3) is 1.95. The third-order valence-corrected chi connectivity index (χ3v) is 3.67. The molecular formula is C12H16BrN. The maximum Gasteiger partial charge on any atom is 0.0384 e. The van der Waals surface area contributed by atoms with Crippen LogP contribution in [0.25, 0.3) is 0 Å². The summed E-state index contributed by atoms with van der Waals surface area (Å²) in [6.45, 7) is 5.70. The molecule has 0 bridgehead atoms. The van der Waals surface area contributed by atoms with Crippen molar-refractivity contribution in [3.8, 4) is 0 Å². The Balaban J connectivity index is 2.34. The Morgan fingerprint density at radius 1 is 1.36 bits per heavy atom. The number of anilines is 1. The van der Waals surface area contributed by atoms with Crippen LogP contribution in [0.3, 0.4) is 0 Å². The second-order valence-electron chi connectivity index (χ2n) is 4.78. The molecule has 76 valence electrons. The standard InChI is InChI=1S/C12H16BrN/c1-12(2)7-6-9-10(13)4-3-5-11(9)14-8-12/h3-5,14H,6-8H2,1-2H3. The maximum absolute atomic E-state index is 3.61. The zero-order valence-corrected chi connectivity index (χ0v) is 10.3. The molecule has 2 heteroatoms. The van der Waals surface area contributed by atoms with Crippen LogP contribution < -0.4 is 5.32 Å². The number of fused-ring (bicyclic) bond motifs is 1. The van der Waals surface area contributed by atoms with Gasteiger partial charge in [-0.15, -0.1) is 0 Å². The number of rotatable bonds is 0. The zero-order valence-electron chi connectivity index (χ0n) is 8.73. The SMILES string of the molecule is CC1(C)CCc2c(Br)cccc2NC1. The average Bonchev–Trinajstić information content (AvgIpc) is 2.27. The molecule has 1 aliphatic heterocycles. The molecular weight excluding hydrogens is 238 g/mol. The largest absolute Gasteiger partial charge is 0.384 e. The Hall–Kier alpha value is -0.500. The maximum atomic E-state index is 3.61. The summed E-state index contributed by atoms with van der Waals surface area (Å²) in [6.07, 6.45) is 2.41. The van der Waals surface area contributed by atoms with Crippen molar-refractivity contribution in [1.29, 1.82) is 0 Å². The van der Waals surface area contributed by atoms with Crippen molar-refractivity contribution in [3.05, 3.63) is 28.2 Å². The summed E-state index contributed by atoms with van der Waals surface area (Å²) in [5.41, 5.74) is 3.13. The molecule has 0 radical (unpaired) electrons. The lowest BCUT2D eigenvalue weighted by Crippen LogP contribution is -2.21. The smallest absolute Gasteiger partial charge is 0.0384 e. The van der Waals surface area contributed by atoms with Crippen LogP contribution in [-0.2, 0) is 6.42 Å². The van der Waals surface area contributed by atoms with E-state index in [1.54, 1.807) is 0 Å². The van der Waals surface area contributed by atoms with E-state index in [1.165, 1.54) is 22.1 Å². The van der Waals surface area contributed by atoms with Gasteiger partial charge in [0, 0.05) is 16.7 Å². The van der Waals surface area contributed by atoms with Gasteiger partial charge in [0.2, 0.25) is 0 Å². The molecule has 14 heavy (non-hydrogen) atoms. The predicted molar refractivity (Wildman–Crippen MR) is 64.7 cm³/mol.